The molecule has 2 aromatic rings. The largest absolute Gasteiger partial charge is 0.463 e. The second-order valence-electron chi connectivity index (χ2n) is 8.62. The summed E-state index contributed by atoms with van der Waals surface area (Å²) in [4.78, 5) is 54.2. The molecule has 0 unspecified atom stereocenters. The summed E-state index contributed by atoms with van der Waals surface area (Å²) in [5.41, 5.74) is 8.98. The van der Waals surface area contributed by atoms with Crippen LogP contribution in [0.2, 0.25) is 0 Å². The molecule has 2 aliphatic rings. The number of hydrogen-bond acceptors (Lipinski definition) is 13. The van der Waals surface area contributed by atoms with Gasteiger partial charge in [0.15, 0.2) is 29.9 Å². The third-order valence-electron chi connectivity index (χ3n) is 5.82. The number of nitrogens with two attached hydrogens (primary N) is 1. The molecule has 36 heavy (non-hydrogen) atoms. The number of nitrogen functional groups attached to an aromatic ring is 1. The van der Waals surface area contributed by atoms with Crippen molar-refractivity contribution < 1.29 is 38.2 Å². The molecule has 14 nitrogen and oxygen atoms in total. The minimum Gasteiger partial charge on any atom is -0.463 e. The molecule has 0 radical (unpaired) electrons. The number of imidazole rings is 1. The van der Waals surface area contributed by atoms with Gasteiger partial charge in [0.2, 0.25) is 0 Å². The Balaban J connectivity index is 1.75. The number of anilines is 2. The molecule has 194 valence electrons. The normalized spacial score (nSPS) is 24.2. The number of ether oxygens (including phenoxy) is 4. The van der Waals surface area contributed by atoms with Crippen LogP contribution in [0.4, 0.5) is 11.8 Å². The standard InChI is InChI=1S/C22H28N6O8/c1-10-6-28(33-7-11(10)2)22-25-19(23)16-20(26-22)27(9-24-16)21-18(35-14(5)31)17(34-13(4)30)15(36-21)8-32-12(3)29/h9,15,17-18,21H,6-8H2,1-5H3,(H2,23,25,26)/t15-,17-,18-,21-/m1/s1. The predicted molar refractivity (Wildman–Crippen MR) is 123 cm³/mol. The monoisotopic (exact) mass is 504 g/mol. The van der Waals surface area contributed by atoms with E-state index in [-0.39, 0.29) is 29.5 Å². The van der Waals surface area contributed by atoms with E-state index >= 15 is 0 Å². The lowest BCUT2D eigenvalue weighted by Gasteiger charge is -2.28. The van der Waals surface area contributed by atoms with Crippen molar-refractivity contribution in [2.75, 3.05) is 30.6 Å². The molecule has 0 aromatic carbocycles. The highest BCUT2D eigenvalue weighted by molar-refractivity contribution is 5.83. The summed E-state index contributed by atoms with van der Waals surface area (Å²) in [6.07, 6.45) is -2.70. The van der Waals surface area contributed by atoms with E-state index in [0.29, 0.717) is 13.2 Å². The van der Waals surface area contributed by atoms with Gasteiger partial charge in [-0.05, 0) is 19.4 Å². The van der Waals surface area contributed by atoms with E-state index in [1.54, 1.807) is 0 Å². The number of hydrogen-bond donors (Lipinski definition) is 1. The molecule has 1 saturated heterocycles. The van der Waals surface area contributed by atoms with Crippen molar-refractivity contribution in [2.24, 2.45) is 0 Å². The second kappa shape index (κ2) is 10.1. The Morgan fingerprint density at radius 2 is 1.75 bits per heavy atom. The van der Waals surface area contributed by atoms with Gasteiger partial charge in [-0.2, -0.15) is 9.97 Å². The van der Waals surface area contributed by atoms with Crippen LogP contribution in [0.1, 0.15) is 40.8 Å². The topological polar surface area (TPSA) is 170 Å². The van der Waals surface area contributed by atoms with Crippen LogP contribution >= 0.6 is 0 Å². The van der Waals surface area contributed by atoms with Crippen LogP contribution in [0.5, 0.6) is 0 Å². The van der Waals surface area contributed by atoms with E-state index in [0.717, 1.165) is 11.1 Å². The zero-order valence-corrected chi connectivity index (χ0v) is 20.6. The van der Waals surface area contributed by atoms with Crippen LogP contribution in [-0.2, 0) is 38.2 Å². The Morgan fingerprint density at radius 3 is 2.39 bits per heavy atom. The lowest BCUT2D eigenvalue weighted by Crippen LogP contribution is -2.40. The van der Waals surface area contributed by atoms with E-state index in [9.17, 15) is 14.4 Å². The highest BCUT2D eigenvalue weighted by Crippen LogP contribution is 2.36. The first-order chi connectivity index (χ1) is 17.0. The summed E-state index contributed by atoms with van der Waals surface area (Å²) in [6, 6.07) is 0. The van der Waals surface area contributed by atoms with Gasteiger partial charge in [-0.15, -0.1) is 0 Å². The SMILES string of the molecule is CC(=O)OC[C@H]1O[C@@H](n2cnc3c(N)nc(N4CC(C)=C(C)CO4)nc32)[C@H](OC(C)=O)[C@@H]1OC(C)=O. The fraction of sp³-hybridized carbons (Fsp3) is 0.545. The number of aromatic nitrogens is 4. The van der Waals surface area contributed by atoms with Crippen molar-refractivity contribution in [1.29, 1.82) is 0 Å². The van der Waals surface area contributed by atoms with Crippen molar-refractivity contribution in [2.45, 2.75) is 59.2 Å². The van der Waals surface area contributed by atoms with E-state index in [4.69, 9.17) is 29.5 Å². The molecule has 0 bridgehead atoms. The Hall–Kier alpha value is -3.78. The molecule has 0 amide bonds. The molecule has 2 aromatic heterocycles. The predicted octanol–water partition coefficient (Wildman–Crippen LogP) is 0.820. The van der Waals surface area contributed by atoms with Gasteiger partial charge in [-0.25, -0.2) is 10.0 Å². The first-order valence-electron chi connectivity index (χ1n) is 11.2. The van der Waals surface area contributed by atoms with Crippen LogP contribution in [0.15, 0.2) is 17.5 Å². The maximum absolute atomic E-state index is 12.0. The number of nitrogens with zero attached hydrogens (tertiary/aromatic N) is 5. The minimum atomic E-state index is -1.09. The molecule has 0 spiro atoms. The van der Waals surface area contributed by atoms with Crippen molar-refractivity contribution in [1.82, 2.24) is 19.5 Å². The number of carbonyl (C=O) groups excluding carboxylic acids is 3. The Kier molecular flexibility index (Phi) is 7.08. The number of fused-ring (bicyclic) bond motifs is 1. The zero-order valence-electron chi connectivity index (χ0n) is 20.6. The van der Waals surface area contributed by atoms with Crippen LogP contribution in [0.3, 0.4) is 0 Å². The van der Waals surface area contributed by atoms with Crippen LogP contribution < -0.4 is 10.8 Å². The zero-order chi connectivity index (χ0) is 26.1. The number of carbonyl (C=O) groups is 3. The Labute approximate surface area is 206 Å². The first kappa shape index (κ1) is 25.3. The third kappa shape index (κ3) is 5.09. The number of rotatable bonds is 6. The van der Waals surface area contributed by atoms with Gasteiger partial charge in [-0.3, -0.25) is 23.8 Å². The smallest absolute Gasteiger partial charge is 0.303 e. The fourth-order valence-corrected chi connectivity index (χ4v) is 3.96. The summed E-state index contributed by atoms with van der Waals surface area (Å²) >= 11 is 0. The number of esters is 3. The summed E-state index contributed by atoms with van der Waals surface area (Å²) in [5.74, 6) is -1.48. The minimum absolute atomic E-state index is 0.108. The molecular weight excluding hydrogens is 476 g/mol. The van der Waals surface area contributed by atoms with E-state index in [1.807, 2.05) is 13.8 Å². The van der Waals surface area contributed by atoms with Crippen LogP contribution in [0, 0.1) is 0 Å². The summed E-state index contributed by atoms with van der Waals surface area (Å²) < 4.78 is 23.6. The van der Waals surface area contributed by atoms with Gasteiger partial charge < -0.3 is 24.7 Å². The molecule has 2 aliphatic heterocycles. The molecule has 4 heterocycles. The molecule has 1 fully saturated rings. The average molecular weight is 505 g/mol. The van der Waals surface area contributed by atoms with Gasteiger partial charge in [0.1, 0.15) is 18.2 Å². The first-order valence-corrected chi connectivity index (χ1v) is 11.2. The summed E-state index contributed by atoms with van der Waals surface area (Å²) in [5, 5.41) is 1.53. The highest BCUT2D eigenvalue weighted by Gasteiger charge is 2.51. The van der Waals surface area contributed by atoms with E-state index < -0.39 is 42.4 Å². The summed E-state index contributed by atoms with van der Waals surface area (Å²) in [6.45, 7) is 8.24. The molecule has 4 atom stereocenters. The van der Waals surface area contributed by atoms with Crippen molar-refractivity contribution in [3.05, 3.63) is 17.5 Å². The quantitative estimate of drug-likeness (QED) is 0.333. The summed E-state index contributed by atoms with van der Waals surface area (Å²) in [7, 11) is 0. The van der Waals surface area contributed by atoms with Gasteiger partial charge in [0, 0.05) is 20.8 Å². The van der Waals surface area contributed by atoms with Gasteiger partial charge in [-0.1, -0.05) is 5.57 Å². The Bertz CT molecular complexity index is 1230. The molecule has 0 aliphatic carbocycles. The highest BCUT2D eigenvalue weighted by atomic mass is 16.7. The molecule has 14 heteroatoms. The van der Waals surface area contributed by atoms with Crippen molar-refractivity contribution >= 4 is 40.8 Å². The van der Waals surface area contributed by atoms with E-state index in [2.05, 4.69) is 15.0 Å². The van der Waals surface area contributed by atoms with Gasteiger partial charge in [0.05, 0.1) is 19.5 Å². The lowest BCUT2D eigenvalue weighted by molar-refractivity contribution is -0.166. The molecule has 4 rings (SSSR count). The second-order valence-corrected chi connectivity index (χ2v) is 8.62. The van der Waals surface area contributed by atoms with Gasteiger partial charge in [0.25, 0.3) is 5.95 Å². The average Bonchev–Trinajstić information content (AvgIpc) is 3.35. The van der Waals surface area contributed by atoms with Crippen LogP contribution in [-0.4, -0.2) is 75.5 Å². The molecule has 0 saturated carbocycles. The number of hydroxylamine groups is 1. The lowest BCUT2D eigenvalue weighted by atomic mass is 10.1. The molecular formula is C22H28N6O8. The molecule has 2 N–H and O–H groups in total. The van der Waals surface area contributed by atoms with Gasteiger partial charge >= 0.3 is 17.9 Å². The maximum atomic E-state index is 12.0. The third-order valence-corrected chi connectivity index (χ3v) is 5.82. The maximum Gasteiger partial charge on any atom is 0.303 e. The van der Waals surface area contributed by atoms with Crippen molar-refractivity contribution in [3.8, 4) is 0 Å². The van der Waals surface area contributed by atoms with E-state index in [1.165, 1.54) is 36.7 Å². The fourth-order valence-electron chi connectivity index (χ4n) is 3.96. The Morgan fingerprint density at radius 1 is 1.06 bits per heavy atom. The van der Waals surface area contributed by atoms with Crippen molar-refractivity contribution in [3.63, 3.8) is 0 Å². The van der Waals surface area contributed by atoms with Crippen LogP contribution in [0.25, 0.3) is 11.2 Å².